The quantitative estimate of drug-likeness (QED) is 0.794. The van der Waals surface area contributed by atoms with E-state index in [2.05, 4.69) is 0 Å². The van der Waals surface area contributed by atoms with Crippen molar-refractivity contribution >= 4 is 17.7 Å². The summed E-state index contributed by atoms with van der Waals surface area (Å²) in [4.78, 5) is 14.2. The number of aliphatic hydroxyl groups is 1. The fraction of sp³-hybridized carbons (Fsp3) is 0.917. The van der Waals surface area contributed by atoms with Gasteiger partial charge in [-0.25, -0.2) is 0 Å². The van der Waals surface area contributed by atoms with Gasteiger partial charge in [-0.05, 0) is 26.0 Å². The zero-order valence-electron chi connectivity index (χ0n) is 10.5. The van der Waals surface area contributed by atoms with Crippen LogP contribution in [0, 0.1) is 5.92 Å². The van der Waals surface area contributed by atoms with Crippen molar-refractivity contribution in [3.05, 3.63) is 0 Å². The van der Waals surface area contributed by atoms with Crippen molar-refractivity contribution in [2.45, 2.75) is 32.0 Å². The molecule has 2 aliphatic heterocycles. The molecule has 2 atom stereocenters. The zero-order valence-corrected chi connectivity index (χ0v) is 11.3. The minimum absolute atomic E-state index is 0.0212. The Morgan fingerprint density at radius 3 is 2.94 bits per heavy atom. The Hall–Kier alpha value is -0.260. The van der Waals surface area contributed by atoms with E-state index in [1.165, 1.54) is 0 Å². The molecule has 0 radical (unpaired) electrons. The summed E-state index contributed by atoms with van der Waals surface area (Å²) in [6.07, 6.45) is 0.752. The summed E-state index contributed by atoms with van der Waals surface area (Å²) in [5.74, 6) is 2.45. The Balaban J connectivity index is 2.01. The predicted molar refractivity (Wildman–Crippen MR) is 68.0 cm³/mol. The van der Waals surface area contributed by atoms with Gasteiger partial charge < -0.3 is 14.7 Å². The molecule has 0 bridgehead atoms. The lowest BCUT2D eigenvalue weighted by atomic mass is 10.0. The summed E-state index contributed by atoms with van der Waals surface area (Å²) < 4.78 is 5.72. The molecule has 0 aromatic carbocycles. The third kappa shape index (κ3) is 3.14. The van der Waals surface area contributed by atoms with Crippen LogP contribution in [0.5, 0.6) is 0 Å². The van der Waals surface area contributed by atoms with E-state index in [1.54, 1.807) is 0 Å². The number of amides is 1. The second-order valence-electron chi connectivity index (χ2n) is 5.46. The molecular weight excluding hydrogens is 238 g/mol. The smallest absolute Gasteiger partial charge is 0.226 e. The van der Waals surface area contributed by atoms with Gasteiger partial charge >= 0.3 is 0 Å². The van der Waals surface area contributed by atoms with E-state index < -0.39 is 0 Å². The summed E-state index contributed by atoms with van der Waals surface area (Å²) in [5.41, 5.74) is -0.354. The average molecular weight is 259 g/mol. The molecule has 5 heteroatoms. The average Bonchev–Trinajstić information content (AvgIpc) is 2.79. The minimum atomic E-state index is -0.354. The molecule has 1 amide bonds. The normalized spacial score (nSPS) is 32.8. The van der Waals surface area contributed by atoms with Crippen LogP contribution in [0.1, 0.15) is 20.3 Å². The standard InChI is InChI=1S/C12H21NO3S/c1-12(2)8-13(5-10(6-14)16-12)11(15)9-3-4-17-7-9/h9-10,14H,3-8H2,1-2H3. The van der Waals surface area contributed by atoms with Gasteiger partial charge in [0, 0.05) is 24.8 Å². The van der Waals surface area contributed by atoms with Gasteiger partial charge in [0.05, 0.1) is 18.3 Å². The molecule has 2 fully saturated rings. The van der Waals surface area contributed by atoms with Crippen molar-refractivity contribution in [2.24, 2.45) is 5.92 Å². The molecule has 0 aromatic heterocycles. The highest BCUT2D eigenvalue weighted by molar-refractivity contribution is 7.99. The third-order valence-corrected chi connectivity index (χ3v) is 4.44. The number of morpholine rings is 1. The van der Waals surface area contributed by atoms with Crippen LogP contribution in [0.2, 0.25) is 0 Å². The van der Waals surface area contributed by atoms with Crippen molar-refractivity contribution in [2.75, 3.05) is 31.2 Å². The van der Waals surface area contributed by atoms with Crippen molar-refractivity contribution in [3.63, 3.8) is 0 Å². The van der Waals surface area contributed by atoms with Crippen molar-refractivity contribution in [3.8, 4) is 0 Å². The molecule has 4 nitrogen and oxygen atoms in total. The van der Waals surface area contributed by atoms with Gasteiger partial charge in [0.2, 0.25) is 5.91 Å². The molecule has 2 rings (SSSR count). The lowest BCUT2D eigenvalue weighted by Crippen LogP contribution is -2.56. The highest BCUT2D eigenvalue weighted by atomic mass is 32.2. The summed E-state index contributed by atoms with van der Waals surface area (Å²) in [7, 11) is 0. The molecular formula is C12H21NO3S. The first-order valence-corrected chi connectivity index (χ1v) is 7.32. The van der Waals surface area contributed by atoms with E-state index in [1.807, 2.05) is 30.5 Å². The molecule has 0 aliphatic carbocycles. The molecule has 2 heterocycles. The van der Waals surface area contributed by atoms with Crippen molar-refractivity contribution < 1.29 is 14.6 Å². The van der Waals surface area contributed by atoms with E-state index in [0.717, 1.165) is 17.9 Å². The fourth-order valence-electron chi connectivity index (χ4n) is 2.55. The van der Waals surface area contributed by atoms with Crippen LogP contribution in [-0.4, -0.2) is 58.8 Å². The molecule has 1 N–H and O–H groups in total. The van der Waals surface area contributed by atoms with E-state index >= 15 is 0 Å². The minimum Gasteiger partial charge on any atom is -0.394 e. The number of thioether (sulfide) groups is 1. The molecule has 2 aliphatic rings. The summed E-state index contributed by atoms with van der Waals surface area (Å²) >= 11 is 1.85. The van der Waals surface area contributed by atoms with Crippen LogP contribution < -0.4 is 0 Å². The van der Waals surface area contributed by atoms with Crippen LogP contribution in [0.15, 0.2) is 0 Å². The molecule has 17 heavy (non-hydrogen) atoms. The molecule has 98 valence electrons. The molecule has 2 saturated heterocycles. The van der Waals surface area contributed by atoms with Gasteiger partial charge in [-0.3, -0.25) is 4.79 Å². The maximum atomic E-state index is 12.3. The Kier molecular flexibility index (Phi) is 4.00. The van der Waals surface area contributed by atoms with Crippen LogP contribution >= 0.6 is 11.8 Å². The van der Waals surface area contributed by atoms with Crippen LogP contribution in [0.4, 0.5) is 0 Å². The summed E-state index contributed by atoms with van der Waals surface area (Å²) in [6, 6.07) is 0. The number of rotatable bonds is 2. The van der Waals surface area contributed by atoms with Gasteiger partial charge in [0.1, 0.15) is 0 Å². The van der Waals surface area contributed by atoms with Crippen LogP contribution in [-0.2, 0) is 9.53 Å². The van der Waals surface area contributed by atoms with E-state index in [0.29, 0.717) is 13.1 Å². The van der Waals surface area contributed by atoms with Gasteiger partial charge in [0.25, 0.3) is 0 Å². The third-order valence-electron chi connectivity index (χ3n) is 3.28. The SMILES string of the molecule is CC1(C)CN(C(=O)C2CCSC2)CC(CO)O1. The summed E-state index contributed by atoms with van der Waals surface area (Å²) in [5, 5.41) is 9.22. The number of carbonyl (C=O) groups is 1. The first-order valence-electron chi connectivity index (χ1n) is 6.17. The number of ether oxygens (including phenoxy) is 1. The molecule has 0 saturated carbocycles. The Morgan fingerprint density at radius 1 is 1.59 bits per heavy atom. The number of aliphatic hydroxyl groups excluding tert-OH is 1. The van der Waals surface area contributed by atoms with Crippen molar-refractivity contribution in [1.29, 1.82) is 0 Å². The highest BCUT2D eigenvalue weighted by Crippen LogP contribution is 2.28. The lowest BCUT2D eigenvalue weighted by molar-refractivity contribution is -0.169. The van der Waals surface area contributed by atoms with Gasteiger partial charge in [0.15, 0.2) is 0 Å². The van der Waals surface area contributed by atoms with E-state index in [9.17, 15) is 9.90 Å². The first kappa shape index (κ1) is 13.2. The Labute approximate surface area is 107 Å². The Morgan fingerprint density at radius 2 is 2.35 bits per heavy atom. The molecule has 2 unspecified atom stereocenters. The number of nitrogens with zero attached hydrogens (tertiary/aromatic N) is 1. The topological polar surface area (TPSA) is 49.8 Å². The second kappa shape index (κ2) is 5.16. The maximum absolute atomic E-state index is 12.3. The predicted octanol–water partition coefficient (Wildman–Crippen LogP) is 0.738. The van der Waals surface area contributed by atoms with Crippen LogP contribution in [0.3, 0.4) is 0 Å². The number of hydrogen-bond donors (Lipinski definition) is 1. The molecule has 0 spiro atoms. The fourth-order valence-corrected chi connectivity index (χ4v) is 3.76. The van der Waals surface area contributed by atoms with E-state index in [4.69, 9.17) is 4.74 Å². The maximum Gasteiger partial charge on any atom is 0.226 e. The second-order valence-corrected chi connectivity index (χ2v) is 6.61. The van der Waals surface area contributed by atoms with Gasteiger partial charge in [-0.1, -0.05) is 0 Å². The lowest BCUT2D eigenvalue weighted by Gasteiger charge is -2.43. The van der Waals surface area contributed by atoms with Gasteiger partial charge in [-0.15, -0.1) is 0 Å². The van der Waals surface area contributed by atoms with Crippen LogP contribution in [0.25, 0.3) is 0 Å². The van der Waals surface area contributed by atoms with Crippen molar-refractivity contribution in [1.82, 2.24) is 4.90 Å². The van der Waals surface area contributed by atoms with Gasteiger partial charge in [-0.2, -0.15) is 11.8 Å². The largest absolute Gasteiger partial charge is 0.394 e. The zero-order chi connectivity index (χ0) is 12.5. The number of carbonyl (C=O) groups excluding carboxylic acids is 1. The van der Waals surface area contributed by atoms with E-state index in [-0.39, 0.29) is 30.1 Å². The monoisotopic (exact) mass is 259 g/mol. The number of hydrogen-bond acceptors (Lipinski definition) is 4. The molecule has 0 aromatic rings. The summed E-state index contributed by atoms with van der Waals surface area (Å²) in [6.45, 7) is 5.08. The Bertz CT molecular complexity index is 289. The highest BCUT2D eigenvalue weighted by Gasteiger charge is 2.38. The first-order chi connectivity index (χ1) is 8.02.